The molecule has 0 aliphatic heterocycles. The van der Waals surface area contributed by atoms with E-state index in [1.54, 1.807) is 18.0 Å². The van der Waals surface area contributed by atoms with Crippen LogP contribution in [-0.4, -0.2) is 21.9 Å². The summed E-state index contributed by atoms with van der Waals surface area (Å²) in [5.41, 5.74) is 10.6. The van der Waals surface area contributed by atoms with Crippen molar-refractivity contribution in [3.8, 4) is 5.69 Å². The maximum absolute atomic E-state index is 12.4. The Morgan fingerprint density at radius 3 is 2.39 bits per heavy atom. The summed E-state index contributed by atoms with van der Waals surface area (Å²) in [6, 6.07) is 16.7. The Morgan fingerprint density at radius 2 is 1.74 bits per heavy atom. The highest BCUT2D eigenvalue weighted by molar-refractivity contribution is 9.10. The second-order valence-corrected chi connectivity index (χ2v) is 9.87. The zero-order chi connectivity index (χ0) is 22.5. The number of carbonyl (C=O) groups excluding carboxylic acids is 1. The lowest BCUT2D eigenvalue weighted by Crippen LogP contribution is -2.27. The van der Waals surface area contributed by atoms with Gasteiger partial charge >= 0.3 is 0 Å². The van der Waals surface area contributed by atoms with Gasteiger partial charge in [0, 0.05) is 32.9 Å². The molecule has 0 radical (unpaired) electrons. The highest BCUT2D eigenvalue weighted by atomic mass is 79.9. The van der Waals surface area contributed by atoms with Crippen molar-refractivity contribution in [3.05, 3.63) is 86.6 Å². The number of amides is 1. The van der Waals surface area contributed by atoms with Gasteiger partial charge in [-0.1, -0.05) is 36.4 Å². The molecule has 1 N–H and O–H groups in total. The Balaban J connectivity index is 1.70. The molecule has 0 saturated carbocycles. The molecule has 1 atom stereocenters. The normalized spacial score (nSPS) is 12.3. The van der Waals surface area contributed by atoms with Crippen LogP contribution in [0.1, 0.15) is 40.6 Å². The maximum Gasteiger partial charge on any atom is 0.252 e. The van der Waals surface area contributed by atoms with Gasteiger partial charge in [-0.3, -0.25) is 4.79 Å². The molecular weight excluding hydrogens is 470 g/mol. The Bertz CT molecular complexity index is 1090. The molecule has 0 fully saturated rings. The third-order valence-corrected chi connectivity index (χ3v) is 7.37. The molecule has 0 bridgehead atoms. The van der Waals surface area contributed by atoms with Gasteiger partial charge in [-0.25, -0.2) is 5.43 Å². The van der Waals surface area contributed by atoms with Gasteiger partial charge in [0.15, 0.2) is 0 Å². The standard InChI is InChI=1S/C25H28BrN3OS/c1-16-11-17(2)13-22(12-16)29-18(3)23(24(26)19(29)4)14-27-28-25(30)20(5)31-15-21-9-7-6-8-10-21/h6-14,20H,15H2,1-5H3,(H,28,30)/b27-14-/t20-/m0/s1. The number of hydrazone groups is 1. The van der Waals surface area contributed by atoms with Crippen LogP contribution in [0.15, 0.2) is 58.1 Å². The SMILES string of the molecule is Cc1cc(C)cc(-n2c(C)c(Br)c(/C=N\NC(=O)[C@H](C)SCc3ccccc3)c2C)c1. The number of halogens is 1. The van der Waals surface area contributed by atoms with Gasteiger partial charge in [0.1, 0.15) is 0 Å². The van der Waals surface area contributed by atoms with Gasteiger partial charge in [0.25, 0.3) is 5.91 Å². The molecule has 31 heavy (non-hydrogen) atoms. The summed E-state index contributed by atoms with van der Waals surface area (Å²) < 4.78 is 3.19. The Hall–Kier alpha value is -2.31. The highest BCUT2D eigenvalue weighted by Gasteiger charge is 2.17. The van der Waals surface area contributed by atoms with E-state index in [0.29, 0.717) is 0 Å². The van der Waals surface area contributed by atoms with Crippen LogP contribution in [0.4, 0.5) is 0 Å². The minimum absolute atomic E-state index is 0.101. The molecule has 3 rings (SSSR count). The number of carbonyl (C=O) groups is 1. The predicted molar refractivity (Wildman–Crippen MR) is 135 cm³/mol. The topological polar surface area (TPSA) is 46.4 Å². The minimum Gasteiger partial charge on any atom is -0.317 e. The first kappa shape index (κ1) is 23.4. The molecule has 4 nitrogen and oxygen atoms in total. The van der Waals surface area contributed by atoms with Crippen LogP contribution in [0.5, 0.6) is 0 Å². The smallest absolute Gasteiger partial charge is 0.252 e. The van der Waals surface area contributed by atoms with Crippen molar-refractivity contribution in [2.75, 3.05) is 0 Å². The van der Waals surface area contributed by atoms with E-state index in [1.165, 1.54) is 16.7 Å². The van der Waals surface area contributed by atoms with Crippen LogP contribution >= 0.6 is 27.7 Å². The molecule has 0 aliphatic carbocycles. The van der Waals surface area contributed by atoms with Crippen LogP contribution in [0.2, 0.25) is 0 Å². The fourth-order valence-electron chi connectivity index (χ4n) is 3.56. The molecule has 0 spiro atoms. The van der Waals surface area contributed by atoms with Crippen molar-refractivity contribution < 1.29 is 4.79 Å². The van der Waals surface area contributed by atoms with Crippen molar-refractivity contribution in [2.24, 2.45) is 5.10 Å². The number of hydrogen-bond donors (Lipinski definition) is 1. The number of thioether (sulfide) groups is 1. The number of aryl methyl sites for hydroxylation is 2. The lowest BCUT2D eigenvalue weighted by atomic mass is 10.1. The molecule has 0 saturated heterocycles. The monoisotopic (exact) mass is 497 g/mol. The predicted octanol–water partition coefficient (Wildman–Crippen LogP) is 6.25. The van der Waals surface area contributed by atoms with E-state index >= 15 is 0 Å². The first-order valence-electron chi connectivity index (χ1n) is 10.2. The highest BCUT2D eigenvalue weighted by Crippen LogP contribution is 2.30. The van der Waals surface area contributed by atoms with E-state index in [9.17, 15) is 4.79 Å². The van der Waals surface area contributed by atoms with Crippen LogP contribution in [0, 0.1) is 27.7 Å². The third kappa shape index (κ3) is 5.69. The summed E-state index contributed by atoms with van der Waals surface area (Å²) in [5.74, 6) is 0.693. The zero-order valence-electron chi connectivity index (χ0n) is 18.6. The Morgan fingerprint density at radius 1 is 1.10 bits per heavy atom. The molecular formula is C25H28BrN3OS. The number of hydrogen-bond acceptors (Lipinski definition) is 3. The fraction of sp³-hybridized carbons (Fsp3) is 0.280. The molecule has 1 heterocycles. The number of nitrogens with zero attached hydrogens (tertiary/aromatic N) is 2. The van der Waals surface area contributed by atoms with Gasteiger partial charge in [-0.05, 0) is 79.4 Å². The summed E-state index contributed by atoms with van der Waals surface area (Å²) >= 11 is 5.30. The van der Waals surface area contributed by atoms with Crippen LogP contribution in [-0.2, 0) is 10.5 Å². The average molecular weight is 498 g/mol. The summed E-state index contributed by atoms with van der Waals surface area (Å²) in [4.78, 5) is 12.4. The van der Waals surface area contributed by atoms with Gasteiger partial charge in [0.2, 0.25) is 0 Å². The average Bonchev–Trinajstić information content (AvgIpc) is 2.95. The first-order chi connectivity index (χ1) is 14.8. The minimum atomic E-state index is -0.191. The van der Waals surface area contributed by atoms with E-state index in [-0.39, 0.29) is 11.2 Å². The molecule has 1 amide bonds. The van der Waals surface area contributed by atoms with Crippen LogP contribution < -0.4 is 5.43 Å². The van der Waals surface area contributed by atoms with Crippen molar-refractivity contribution in [3.63, 3.8) is 0 Å². The van der Waals surface area contributed by atoms with E-state index in [2.05, 4.69) is 89.1 Å². The molecule has 6 heteroatoms. The summed E-state index contributed by atoms with van der Waals surface area (Å²) in [6.45, 7) is 10.3. The van der Waals surface area contributed by atoms with Crippen molar-refractivity contribution >= 4 is 39.8 Å². The molecule has 0 aliphatic rings. The van der Waals surface area contributed by atoms with Crippen molar-refractivity contribution in [1.82, 2.24) is 9.99 Å². The number of aromatic nitrogens is 1. The molecule has 3 aromatic rings. The fourth-order valence-corrected chi connectivity index (χ4v) is 4.97. The van der Waals surface area contributed by atoms with Gasteiger partial charge in [0.05, 0.1) is 11.5 Å². The van der Waals surface area contributed by atoms with Gasteiger partial charge in [-0.15, -0.1) is 11.8 Å². The van der Waals surface area contributed by atoms with Crippen molar-refractivity contribution in [2.45, 2.75) is 45.6 Å². The molecule has 162 valence electrons. The molecule has 2 aromatic carbocycles. The second kappa shape index (κ2) is 10.3. The quantitative estimate of drug-likeness (QED) is 0.309. The second-order valence-electron chi connectivity index (χ2n) is 7.75. The van der Waals surface area contributed by atoms with Gasteiger partial charge in [-0.2, -0.15) is 5.10 Å². The molecule has 1 aromatic heterocycles. The summed E-state index contributed by atoms with van der Waals surface area (Å²) in [5, 5.41) is 4.05. The van der Waals surface area contributed by atoms with Gasteiger partial charge < -0.3 is 4.57 Å². The van der Waals surface area contributed by atoms with Crippen LogP contribution in [0.3, 0.4) is 0 Å². The van der Waals surface area contributed by atoms with E-state index in [1.807, 2.05) is 25.1 Å². The number of rotatable bonds is 7. The summed E-state index contributed by atoms with van der Waals surface area (Å²) in [6.07, 6.45) is 1.72. The van der Waals surface area contributed by atoms with Crippen molar-refractivity contribution in [1.29, 1.82) is 0 Å². The largest absolute Gasteiger partial charge is 0.317 e. The summed E-state index contributed by atoms with van der Waals surface area (Å²) in [7, 11) is 0. The van der Waals surface area contributed by atoms with E-state index in [4.69, 9.17) is 0 Å². The van der Waals surface area contributed by atoms with E-state index in [0.717, 1.165) is 32.9 Å². The maximum atomic E-state index is 12.4. The lowest BCUT2D eigenvalue weighted by molar-refractivity contribution is -0.120. The first-order valence-corrected chi connectivity index (χ1v) is 12.1. The number of benzene rings is 2. The zero-order valence-corrected chi connectivity index (χ0v) is 21.0. The number of nitrogens with one attached hydrogen (secondary N) is 1. The lowest BCUT2D eigenvalue weighted by Gasteiger charge is -2.11. The Labute approximate surface area is 197 Å². The molecule has 0 unspecified atom stereocenters. The van der Waals surface area contributed by atoms with Crippen LogP contribution in [0.25, 0.3) is 5.69 Å². The van der Waals surface area contributed by atoms with E-state index < -0.39 is 0 Å². The third-order valence-electron chi connectivity index (χ3n) is 5.16. The Kier molecular flexibility index (Phi) is 7.79.